The van der Waals surface area contributed by atoms with Gasteiger partial charge in [-0.15, -0.1) is 0 Å². The van der Waals surface area contributed by atoms with Crippen LogP contribution >= 0.6 is 15.9 Å². The number of hydrogen-bond acceptors (Lipinski definition) is 2. The Kier molecular flexibility index (Phi) is 3.75. The van der Waals surface area contributed by atoms with Crippen LogP contribution < -0.4 is 5.73 Å². The summed E-state index contributed by atoms with van der Waals surface area (Å²) in [6.07, 6.45) is 0. The number of alkyl halides is 2. The van der Waals surface area contributed by atoms with Crippen molar-refractivity contribution in [3.8, 4) is 0 Å². The van der Waals surface area contributed by atoms with Gasteiger partial charge in [0.05, 0.1) is 6.04 Å². The van der Waals surface area contributed by atoms with Gasteiger partial charge in [-0.1, -0.05) is 22.0 Å². The first-order valence-corrected chi connectivity index (χ1v) is 4.87. The van der Waals surface area contributed by atoms with Crippen molar-refractivity contribution in [2.24, 2.45) is 5.73 Å². The zero-order valence-corrected chi connectivity index (χ0v) is 9.14. The van der Waals surface area contributed by atoms with E-state index >= 15 is 0 Å². The van der Waals surface area contributed by atoms with Crippen LogP contribution in [-0.4, -0.2) is 17.6 Å². The molecule has 0 heterocycles. The topological polar surface area (TPSA) is 46.2 Å². The molecule has 0 aromatic heterocycles. The predicted octanol–water partition coefficient (Wildman–Crippen LogP) is 2.22. The van der Waals surface area contributed by atoms with Crippen molar-refractivity contribution in [3.63, 3.8) is 0 Å². The molecule has 1 atom stereocenters. The molecule has 0 fully saturated rings. The van der Waals surface area contributed by atoms with Gasteiger partial charge in [0, 0.05) is 4.47 Å². The molecule has 0 bridgehead atoms. The lowest BCUT2D eigenvalue weighted by Gasteiger charge is -2.22. The minimum atomic E-state index is -3.43. The third kappa shape index (κ3) is 2.70. The predicted molar refractivity (Wildman–Crippen MR) is 53.1 cm³/mol. The zero-order valence-electron chi connectivity index (χ0n) is 7.55. The van der Waals surface area contributed by atoms with Crippen LogP contribution in [0.4, 0.5) is 13.2 Å². The molecule has 2 nitrogen and oxygen atoms in total. The normalized spacial score (nSPS) is 14.0. The summed E-state index contributed by atoms with van der Waals surface area (Å²) in [6, 6.07) is 1.57. The summed E-state index contributed by atoms with van der Waals surface area (Å²) in [7, 11) is 0. The smallest absolute Gasteiger partial charge is 0.289 e. The van der Waals surface area contributed by atoms with Crippen LogP contribution in [0.2, 0.25) is 0 Å². The lowest BCUT2D eigenvalue weighted by Crippen LogP contribution is -2.36. The van der Waals surface area contributed by atoms with Crippen LogP contribution in [0.25, 0.3) is 0 Å². The first-order valence-electron chi connectivity index (χ1n) is 4.07. The quantitative estimate of drug-likeness (QED) is 0.894. The van der Waals surface area contributed by atoms with E-state index in [1.807, 2.05) is 0 Å². The Labute approximate surface area is 93.0 Å². The fourth-order valence-corrected chi connectivity index (χ4v) is 1.68. The van der Waals surface area contributed by atoms with Gasteiger partial charge < -0.3 is 10.8 Å². The van der Waals surface area contributed by atoms with Crippen LogP contribution in [0.5, 0.6) is 0 Å². The Hall–Kier alpha value is -0.590. The van der Waals surface area contributed by atoms with Gasteiger partial charge in [-0.25, -0.2) is 13.2 Å². The Morgan fingerprint density at radius 1 is 1.47 bits per heavy atom. The van der Waals surface area contributed by atoms with Crippen molar-refractivity contribution >= 4 is 15.9 Å². The molecule has 0 amide bonds. The molecule has 6 heteroatoms. The molecule has 1 aromatic rings. The summed E-state index contributed by atoms with van der Waals surface area (Å²) in [5.74, 6) is -3.98. The van der Waals surface area contributed by atoms with Crippen molar-refractivity contribution in [2.45, 2.75) is 12.0 Å². The molecule has 84 valence electrons. The van der Waals surface area contributed by atoms with Gasteiger partial charge in [-0.05, 0) is 17.7 Å². The summed E-state index contributed by atoms with van der Waals surface area (Å²) >= 11 is 2.93. The summed E-state index contributed by atoms with van der Waals surface area (Å²) in [4.78, 5) is 0. The molecule has 0 aliphatic rings. The molecule has 0 aliphatic heterocycles. The van der Waals surface area contributed by atoms with Gasteiger partial charge in [0.25, 0.3) is 5.92 Å². The monoisotopic (exact) mass is 283 g/mol. The van der Waals surface area contributed by atoms with Crippen LogP contribution in [0.15, 0.2) is 22.7 Å². The number of aliphatic hydroxyl groups is 1. The van der Waals surface area contributed by atoms with Crippen molar-refractivity contribution in [1.82, 2.24) is 0 Å². The van der Waals surface area contributed by atoms with Crippen molar-refractivity contribution in [1.29, 1.82) is 0 Å². The fourth-order valence-electron chi connectivity index (χ4n) is 1.08. The lowest BCUT2D eigenvalue weighted by molar-refractivity contribution is -0.0713. The van der Waals surface area contributed by atoms with E-state index in [1.165, 1.54) is 0 Å². The Morgan fingerprint density at radius 3 is 2.53 bits per heavy atom. The molecule has 0 aliphatic carbocycles. The highest BCUT2D eigenvalue weighted by molar-refractivity contribution is 9.10. The largest absolute Gasteiger partial charge is 0.390 e. The molecule has 0 spiro atoms. The molecular formula is C9H9BrF3NO. The highest BCUT2D eigenvalue weighted by Gasteiger charge is 2.38. The highest BCUT2D eigenvalue weighted by atomic mass is 79.9. The molecule has 3 N–H and O–H groups in total. The Balaban J connectivity index is 3.06. The summed E-state index contributed by atoms with van der Waals surface area (Å²) in [5, 5.41) is 8.45. The fraction of sp³-hybridized carbons (Fsp3) is 0.333. The van der Waals surface area contributed by atoms with Gasteiger partial charge >= 0.3 is 0 Å². The van der Waals surface area contributed by atoms with E-state index in [2.05, 4.69) is 15.9 Å². The second-order valence-electron chi connectivity index (χ2n) is 3.06. The van der Waals surface area contributed by atoms with E-state index in [0.29, 0.717) is 0 Å². The number of benzene rings is 1. The van der Waals surface area contributed by atoms with Crippen LogP contribution in [0, 0.1) is 5.82 Å². The Bertz CT molecular complexity index is 359. The number of aliphatic hydroxyl groups excluding tert-OH is 1. The van der Waals surface area contributed by atoms with Crippen molar-refractivity contribution in [2.75, 3.05) is 6.61 Å². The number of halogens is 4. The summed E-state index contributed by atoms with van der Waals surface area (Å²) < 4.78 is 38.9. The van der Waals surface area contributed by atoms with Crippen molar-refractivity contribution in [3.05, 3.63) is 34.1 Å². The van der Waals surface area contributed by atoms with Gasteiger partial charge in [-0.2, -0.15) is 0 Å². The number of hydrogen-bond donors (Lipinski definition) is 2. The standard InChI is InChI=1S/C9H9BrF3NO/c10-7-3-5(11)1-2-6(7)8(14)9(12,13)4-15/h1-3,8,15H,4,14H2/t8-/m1/s1. The minimum Gasteiger partial charge on any atom is -0.390 e. The molecule has 0 radical (unpaired) electrons. The Morgan fingerprint density at radius 2 is 2.07 bits per heavy atom. The summed E-state index contributed by atoms with van der Waals surface area (Å²) in [6.45, 7) is -1.35. The molecular weight excluding hydrogens is 275 g/mol. The van der Waals surface area contributed by atoms with E-state index in [-0.39, 0.29) is 10.0 Å². The van der Waals surface area contributed by atoms with Gasteiger partial charge in [0.1, 0.15) is 12.4 Å². The average Bonchev–Trinajstić information content (AvgIpc) is 2.17. The molecule has 0 saturated carbocycles. The van der Waals surface area contributed by atoms with E-state index in [0.717, 1.165) is 18.2 Å². The molecule has 1 aromatic carbocycles. The third-order valence-electron chi connectivity index (χ3n) is 1.96. The van der Waals surface area contributed by atoms with E-state index < -0.39 is 24.4 Å². The van der Waals surface area contributed by atoms with E-state index in [1.54, 1.807) is 0 Å². The van der Waals surface area contributed by atoms with E-state index in [9.17, 15) is 13.2 Å². The zero-order chi connectivity index (χ0) is 11.6. The molecule has 1 rings (SSSR count). The van der Waals surface area contributed by atoms with Crippen LogP contribution in [0.1, 0.15) is 11.6 Å². The van der Waals surface area contributed by atoms with Gasteiger partial charge in [-0.3, -0.25) is 0 Å². The van der Waals surface area contributed by atoms with Gasteiger partial charge in [0.2, 0.25) is 0 Å². The van der Waals surface area contributed by atoms with Crippen LogP contribution in [-0.2, 0) is 0 Å². The van der Waals surface area contributed by atoms with Gasteiger partial charge in [0.15, 0.2) is 0 Å². The van der Waals surface area contributed by atoms with Crippen molar-refractivity contribution < 1.29 is 18.3 Å². The molecule has 15 heavy (non-hydrogen) atoms. The second-order valence-corrected chi connectivity index (χ2v) is 3.92. The third-order valence-corrected chi connectivity index (χ3v) is 2.65. The van der Waals surface area contributed by atoms with E-state index in [4.69, 9.17) is 10.8 Å². The maximum atomic E-state index is 13.0. The lowest BCUT2D eigenvalue weighted by atomic mass is 10.0. The maximum absolute atomic E-state index is 13.0. The first-order chi connectivity index (χ1) is 6.88. The highest BCUT2D eigenvalue weighted by Crippen LogP contribution is 2.33. The summed E-state index contributed by atoms with van der Waals surface area (Å²) in [5.41, 5.74) is 5.32. The maximum Gasteiger partial charge on any atom is 0.289 e. The van der Waals surface area contributed by atoms with Crippen LogP contribution in [0.3, 0.4) is 0 Å². The SMILES string of the molecule is N[C@H](c1ccc(F)cc1Br)C(F)(F)CO. The minimum absolute atomic E-state index is 0.0513. The average molecular weight is 284 g/mol. The molecule has 0 unspecified atom stereocenters. The molecule has 0 saturated heterocycles. The number of nitrogens with two attached hydrogens (primary N) is 1. The second kappa shape index (κ2) is 4.51. The number of rotatable bonds is 3. The first kappa shape index (κ1) is 12.5.